The molecule has 38 heavy (non-hydrogen) atoms. The summed E-state index contributed by atoms with van der Waals surface area (Å²) < 4.78 is 5.56. The van der Waals surface area contributed by atoms with Crippen LogP contribution in [0.5, 0.6) is 40.2 Å². The number of hydrogen-bond acceptors (Lipinski definition) is 9. The molecule has 0 radical (unpaired) electrons. The average Bonchev–Trinajstić information content (AvgIpc) is 2.86. The fourth-order valence-corrected chi connectivity index (χ4v) is 6.80. The molecule has 3 aromatic rings. The van der Waals surface area contributed by atoms with Crippen LogP contribution >= 0.6 is 0 Å². The summed E-state index contributed by atoms with van der Waals surface area (Å²) >= 11 is 0. The molecule has 3 unspecified atom stereocenters. The zero-order valence-electron chi connectivity index (χ0n) is 20.6. The Morgan fingerprint density at radius 3 is 1.79 bits per heavy atom. The predicted octanol–water partition coefficient (Wildman–Crippen LogP) is 3.12. The highest BCUT2D eigenvalue weighted by molar-refractivity contribution is 5.66. The monoisotopic (exact) mass is 522 g/mol. The lowest BCUT2D eigenvalue weighted by atomic mass is 9.69. The first-order chi connectivity index (χ1) is 18.2. The lowest BCUT2D eigenvalue weighted by Crippen LogP contribution is -2.34. The minimum Gasteiger partial charge on any atom is -0.508 e. The first kappa shape index (κ1) is 24.5. The van der Waals surface area contributed by atoms with E-state index in [0.29, 0.717) is 29.5 Å². The first-order valence-corrected chi connectivity index (χ1v) is 12.9. The number of fused-ring (bicyclic) bond motifs is 3. The van der Waals surface area contributed by atoms with Gasteiger partial charge in [0, 0.05) is 58.4 Å². The number of ether oxygens (including phenoxy) is 1. The van der Waals surface area contributed by atoms with Crippen LogP contribution in [0.3, 0.4) is 0 Å². The SMILES string of the molecule is Oc1cc(O)c2c(c1)OCC(O)[C@@H]2c1c(O)cc(O)c2c1CCC(O)C2c1c(O)cc(O)c2c1CCCC2. The maximum atomic E-state index is 11.3. The number of rotatable bonds is 2. The van der Waals surface area contributed by atoms with Crippen molar-refractivity contribution in [3.05, 3.63) is 63.2 Å². The molecule has 3 aromatic carbocycles. The van der Waals surface area contributed by atoms with Crippen molar-refractivity contribution < 1.29 is 45.6 Å². The van der Waals surface area contributed by atoms with Crippen molar-refractivity contribution in [1.82, 2.24) is 0 Å². The van der Waals surface area contributed by atoms with Gasteiger partial charge < -0.3 is 45.6 Å². The van der Waals surface area contributed by atoms with Crippen molar-refractivity contribution in [3.8, 4) is 40.2 Å². The Morgan fingerprint density at radius 2 is 1.11 bits per heavy atom. The van der Waals surface area contributed by atoms with E-state index in [4.69, 9.17) is 4.74 Å². The van der Waals surface area contributed by atoms with Gasteiger partial charge in [-0.15, -0.1) is 0 Å². The van der Waals surface area contributed by atoms with E-state index in [9.17, 15) is 40.9 Å². The summed E-state index contributed by atoms with van der Waals surface area (Å²) in [4.78, 5) is 0. The largest absolute Gasteiger partial charge is 0.508 e. The molecule has 200 valence electrons. The molecule has 9 nitrogen and oxygen atoms in total. The highest BCUT2D eigenvalue weighted by atomic mass is 16.5. The molecule has 4 atom stereocenters. The topological polar surface area (TPSA) is 171 Å². The third-order valence-electron chi connectivity index (χ3n) is 8.35. The van der Waals surface area contributed by atoms with E-state index in [2.05, 4.69) is 0 Å². The van der Waals surface area contributed by atoms with E-state index in [1.54, 1.807) is 0 Å². The first-order valence-electron chi connectivity index (χ1n) is 12.9. The molecule has 6 rings (SSSR count). The molecule has 9 heteroatoms. The molecule has 0 saturated heterocycles. The lowest BCUT2D eigenvalue weighted by Gasteiger charge is -2.38. The van der Waals surface area contributed by atoms with Crippen LogP contribution in [0.1, 0.15) is 70.0 Å². The third-order valence-corrected chi connectivity index (χ3v) is 8.35. The van der Waals surface area contributed by atoms with E-state index in [0.717, 1.165) is 36.1 Å². The second-order valence-electron chi connectivity index (χ2n) is 10.5. The van der Waals surface area contributed by atoms with Gasteiger partial charge in [-0.2, -0.15) is 0 Å². The fourth-order valence-electron chi connectivity index (χ4n) is 6.80. The van der Waals surface area contributed by atoms with Crippen molar-refractivity contribution in [2.24, 2.45) is 0 Å². The fraction of sp³-hybridized carbons (Fsp3) is 0.379. The Morgan fingerprint density at radius 1 is 0.553 bits per heavy atom. The third kappa shape index (κ3) is 3.60. The zero-order chi connectivity index (χ0) is 26.9. The van der Waals surface area contributed by atoms with E-state index in [-0.39, 0.29) is 70.8 Å². The van der Waals surface area contributed by atoms with Gasteiger partial charge in [0.15, 0.2) is 0 Å². The van der Waals surface area contributed by atoms with Gasteiger partial charge in [0.25, 0.3) is 0 Å². The van der Waals surface area contributed by atoms with Crippen LogP contribution in [0, 0.1) is 0 Å². The molecule has 3 aliphatic rings. The lowest BCUT2D eigenvalue weighted by molar-refractivity contribution is 0.0741. The van der Waals surface area contributed by atoms with Crippen LogP contribution in [-0.2, 0) is 19.3 Å². The van der Waals surface area contributed by atoms with E-state index >= 15 is 0 Å². The molecule has 0 spiro atoms. The van der Waals surface area contributed by atoms with Crippen molar-refractivity contribution in [2.45, 2.75) is 62.6 Å². The highest BCUT2D eigenvalue weighted by Gasteiger charge is 2.43. The number of benzene rings is 3. The number of phenolic OH excluding ortho intramolecular Hbond substituents is 6. The molecule has 8 N–H and O–H groups in total. The Labute approximate surface area is 218 Å². The molecule has 0 bridgehead atoms. The van der Waals surface area contributed by atoms with Crippen molar-refractivity contribution in [3.63, 3.8) is 0 Å². The van der Waals surface area contributed by atoms with Gasteiger partial charge in [-0.05, 0) is 55.2 Å². The highest BCUT2D eigenvalue weighted by Crippen LogP contribution is 2.55. The zero-order valence-corrected chi connectivity index (χ0v) is 20.6. The van der Waals surface area contributed by atoms with Crippen molar-refractivity contribution in [2.75, 3.05) is 6.61 Å². The minimum absolute atomic E-state index is 0.00255. The van der Waals surface area contributed by atoms with E-state index in [1.807, 2.05) is 0 Å². The predicted molar refractivity (Wildman–Crippen MR) is 135 cm³/mol. The molecule has 0 fully saturated rings. The van der Waals surface area contributed by atoms with Crippen molar-refractivity contribution in [1.29, 1.82) is 0 Å². The Bertz CT molecular complexity index is 1450. The van der Waals surface area contributed by atoms with Gasteiger partial charge in [-0.25, -0.2) is 0 Å². The number of aromatic hydroxyl groups is 6. The van der Waals surface area contributed by atoms with E-state index in [1.165, 1.54) is 12.1 Å². The van der Waals surface area contributed by atoms with Gasteiger partial charge in [0.1, 0.15) is 46.9 Å². The Kier molecular flexibility index (Phi) is 5.73. The summed E-state index contributed by atoms with van der Waals surface area (Å²) in [6.07, 6.45) is 1.33. The normalized spacial score (nSPS) is 24.2. The second-order valence-corrected chi connectivity index (χ2v) is 10.5. The summed E-state index contributed by atoms with van der Waals surface area (Å²) in [5.41, 5.74) is 3.21. The molecule has 0 amide bonds. The van der Waals surface area contributed by atoms with Crippen LogP contribution < -0.4 is 4.74 Å². The summed E-state index contributed by atoms with van der Waals surface area (Å²) in [5.74, 6) is -2.91. The smallest absolute Gasteiger partial charge is 0.130 e. The van der Waals surface area contributed by atoms with Gasteiger partial charge in [-0.3, -0.25) is 0 Å². The van der Waals surface area contributed by atoms with Crippen LogP contribution in [0.2, 0.25) is 0 Å². The summed E-state index contributed by atoms with van der Waals surface area (Å²) in [5, 5.41) is 86.8. The Hall–Kier alpha value is -3.82. The maximum absolute atomic E-state index is 11.3. The molecular formula is C29H30O9. The van der Waals surface area contributed by atoms with E-state index < -0.39 is 24.0 Å². The molecule has 1 heterocycles. The molecular weight excluding hydrogens is 492 g/mol. The minimum atomic E-state index is -1.17. The van der Waals surface area contributed by atoms with Crippen LogP contribution in [0.15, 0.2) is 24.3 Å². The molecule has 2 aliphatic carbocycles. The number of hydrogen-bond donors (Lipinski definition) is 8. The van der Waals surface area contributed by atoms with Gasteiger partial charge in [0.05, 0.1) is 12.2 Å². The summed E-state index contributed by atoms with van der Waals surface area (Å²) in [6.45, 7) is -0.159. The maximum Gasteiger partial charge on any atom is 0.130 e. The summed E-state index contributed by atoms with van der Waals surface area (Å²) in [7, 11) is 0. The molecule has 0 saturated carbocycles. The number of aliphatic hydroxyl groups excluding tert-OH is 2. The number of aliphatic hydroxyl groups is 2. The molecule has 0 aromatic heterocycles. The second kappa shape index (κ2) is 8.89. The van der Waals surface area contributed by atoms with Gasteiger partial charge >= 0.3 is 0 Å². The Balaban J connectivity index is 1.61. The average molecular weight is 523 g/mol. The standard InChI is InChI=1S/C29H30O9/c30-12-7-18(33)27-23(8-12)38-11-22(37)29(27)26-15-5-6-16(31)28(25(15)20(35)10-21(26)36)24-14-4-2-1-3-13(14)17(32)9-19(24)34/h7-10,16,22,28-37H,1-6,11H2/t16?,22?,28?,29-/m1/s1. The van der Waals surface area contributed by atoms with Crippen LogP contribution in [0.25, 0.3) is 0 Å². The summed E-state index contributed by atoms with van der Waals surface area (Å²) in [6, 6.07) is 4.89. The number of phenols is 6. The van der Waals surface area contributed by atoms with Gasteiger partial charge in [-0.1, -0.05) is 0 Å². The van der Waals surface area contributed by atoms with Crippen LogP contribution in [0.4, 0.5) is 0 Å². The van der Waals surface area contributed by atoms with Crippen molar-refractivity contribution >= 4 is 0 Å². The quantitative estimate of drug-likeness (QED) is 0.252. The van der Waals surface area contributed by atoms with Gasteiger partial charge in [0.2, 0.25) is 0 Å². The van der Waals surface area contributed by atoms with Crippen LogP contribution in [-0.4, -0.2) is 59.7 Å². The molecule has 1 aliphatic heterocycles.